The lowest BCUT2D eigenvalue weighted by molar-refractivity contribution is -0.142. The minimum Gasteiger partial charge on any atom is -0.494 e. The molecule has 6 nitrogen and oxygen atoms in total. The first-order valence-electron chi connectivity index (χ1n) is 11.6. The van der Waals surface area contributed by atoms with Gasteiger partial charge >= 0.3 is 5.97 Å². The number of nitrogens with zero attached hydrogens (tertiary/aromatic N) is 1. The molecule has 0 N–H and O–H groups in total. The van der Waals surface area contributed by atoms with Crippen molar-refractivity contribution in [1.29, 1.82) is 0 Å². The molecule has 1 aromatic rings. The Bertz CT molecular complexity index is 955. The molecule has 2 aliphatic heterocycles. The molecule has 0 bridgehead atoms. The van der Waals surface area contributed by atoms with Crippen LogP contribution in [0, 0.1) is 11.3 Å². The molecule has 1 saturated carbocycles. The second-order valence-electron chi connectivity index (χ2n) is 9.75. The maximum Gasteiger partial charge on any atom is 0.336 e. The first kappa shape index (κ1) is 22.7. The minimum atomic E-state index is -0.474. The number of fused-ring (bicyclic) bond motifs is 1. The molecule has 2 heterocycles. The summed E-state index contributed by atoms with van der Waals surface area (Å²) >= 11 is 0. The zero-order valence-corrected chi connectivity index (χ0v) is 19.5. The second-order valence-corrected chi connectivity index (χ2v) is 9.75. The lowest BCUT2D eigenvalue weighted by Gasteiger charge is -2.41. The van der Waals surface area contributed by atoms with Crippen molar-refractivity contribution in [1.82, 2.24) is 0 Å². The van der Waals surface area contributed by atoms with Gasteiger partial charge in [0, 0.05) is 35.9 Å². The van der Waals surface area contributed by atoms with E-state index in [0.717, 1.165) is 30.5 Å². The molecular weight excluding hydrogens is 406 g/mol. The van der Waals surface area contributed by atoms with Crippen LogP contribution < -0.4 is 4.74 Å². The van der Waals surface area contributed by atoms with Crippen LogP contribution in [-0.4, -0.2) is 43.4 Å². The van der Waals surface area contributed by atoms with Crippen LogP contribution in [0.3, 0.4) is 0 Å². The Hall–Kier alpha value is -2.47. The largest absolute Gasteiger partial charge is 0.494 e. The fraction of sp³-hybridized carbons (Fsp3) is 0.577. The summed E-state index contributed by atoms with van der Waals surface area (Å²) in [6.45, 7) is 9.38. The zero-order chi connectivity index (χ0) is 22.9. The maximum atomic E-state index is 13.4. The molecule has 0 amide bonds. The smallest absolute Gasteiger partial charge is 0.336 e. The number of hydrogen-bond acceptors (Lipinski definition) is 6. The third-order valence-corrected chi connectivity index (χ3v) is 6.56. The van der Waals surface area contributed by atoms with Crippen LogP contribution in [0.1, 0.15) is 64.9 Å². The van der Waals surface area contributed by atoms with Gasteiger partial charge in [-0.3, -0.25) is 9.79 Å². The number of carbonyl (C=O) groups excluding carboxylic acids is 2. The molecule has 2 fully saturated rings. The first-order valence-corrected chi connectivity index (χ1v) is 11.6. The summed E-state index contributed by atoms with van der Waals surface area (Å²) in [5.74, 6) is -0.552. The predicted octanol–water partition coefficient (Wildman–Crippen LogP) is 4.63. The number of carbonyl (C=O) groups is 2. The van der Waals surface area contributed by atoms with Gasteiger partial charge in [-0.2, -0.15) is 0 Å². The average molecular weight is 440 g/mol. The first-order chi connectivity index (χ1) is 15.3. The topological polar surface area (TPSA) is 74.2 Å². The van der Waals surface area contributed by atoms with Gasteiger partial charge in [0.05, 0.1) is 24.2 Å². The number of allylic oxidation sites excluding steroid dienone is 1. The van der Waals surface area contributed by atoms with Crippen molar-refractivity contribution < 1.29 is 23.8 Å². The van der Waals surface area contributed by atoms with Gasteiger partial charge in [-0.15, -0.1) is 0 Å². The average Bonchev–Trinajstić information content (AvgIpc) is 3.24. The van der Waals surface area contributed by atoms with Gasteiger partial charge in [0.15, 0.2) is 0 Å². The van der Waals surface area contributed by atoms with Crippen LogP contribution in [0.2, 0.25) is 0 Å². The molecule has 1 aliphatic carbocycles. The van der Waals surface area contributed by atoms with E-state index in [9.17, 15) is 9.59 Å². The number of benzene rings is 1. The van der Waals surface area contributed by atoms with E-state index in [0.29, 0.717) is 36.7 Å². The van der Waals surface area contributed by atoms with Gasteiger partial charge in [-0.05, 0) is 44.6 Å². The van der Waals surface area contributed by atoms with E-state index < -0.39 is 17.8 Å². The van der Waals surface area contributed by atoms with E-state index in [1.807, 2.05) is 38.1 Å². The summed E-state index contributed by atoms with van der Waals surface area (Å²) in [6, 6.07) is 7.67. The fourth-order valence-electron chi connectivity index (χ4n) is 5.24. The van der Waals surface area contributed by atoms with Gasteiger partial charge < -0.3 is 14.2 Å². The van der Waals surface area contributed by atoms with Crippen molar-refractivity contribution in [2.75, 3.05) is 19.8 Å². The summed E-state index contributed by atoms with van der Waals surface area (Å²) in [4.78, 5) is 31.6. The summed E-state index contributed by atoms with van der Waals surface area (Å²) in [6.07, 6.45) is 3.00. The van der Waals surface area contributed by atoms with Gasteiger partial charge in [-0.1, -0.05) is 32.0 Å². The number of rotatable bonds is 6. The van der Waals surface area contributed by atoms with Crippen molar-refractivity contribution in [2.24, 2.45) is 16.3 Å². The van der Waals surface area contributed by atoms with Crippen LogP contribution >= 0.6 is 0 Å². The highest BCUT2D eigenvalue weighted by Crippen LogP contribution is 2.48. The van der Waals surface area contributed by atoms with Crippen molar-refractivity contribution in [2.45, 2.75) is 65.4 Å². The molecular formula is C26H33NO5. The normalized spacial score (nSPS) is 27.1. The van der Waals surface area contributed by atoms with Crippen molar-refractivity contribution >= 4 is 17.5 Å². The molecule has 6 heteroatoms. The summed E-state index contributed by atoms with van der Waals surface area (Å²) in [5, 5.41) is 0. The van der Waals surface area contributed by atoms with Gasteiger partial charge in [-0.25, -0.2) is 4.79 Å². The van der Waals surface area contributed by atoms with E-state index in [1.165, 1.54) is 0 Å². The third-order valence-electron chi connectivity index (χ3n) is 6.56. The lowest BCUT2D eigenvalue weighted by atomic mass is 9.63. The SMILES string of the molecule is CCOc1ccccc1[C@H]1C(C(=O)OC[C@@H]2CCCO2)=C(C)N=C2CC(C)(C)CC(=O)C21. The van der Waals surface area contributed by atoms with Crippen LogP contribution in [-0.2, 0) is 19.1 Å². The number of ketones is 1. The monoisotopic (exact) mass is 439 g/mol. The quantitative estimate of drug-likeness (QED) is 0.605. The van der Waals surface area contributed by atoms with Crippen molar-refractivity contribution in [3.63, 3.8) is 0 Å². The van der Waals surface area contributed by atoms with Gasteiger partial charge in [0.1, 0.15) is 18.1 Å². The van der Waals surface area contributed by atoms with Gasteiger partial charge in [0.2, 0.25) is 0 Å². The zero-order valence-electron chi connectivity index (χ0n) is 19.5. The van der Waals surface area contributed by atoms with E-state index >= 15 is 0 Å². The molecule has 3 atom stereocenters. The molecule has 0 aromatic heterocycles. The minimum absolute atomic E-state index is 0.0613. The standard InChI is InChI=1S/C26H33NO5/c1-5-30-21-11-7-6-10-18(21)23-22(25(29)32-15-17-9-8-12-31-17)16(2)27-19-13-26(3,4)14-20(28)24(19)23/h6-7,10-11,17,23-24H,5,8-9,12-15H2,1-4H3/t17-,23-,24?/m0/s1. The summed E-state index contributed by atoms with van der Waals surface area (Å²) in [5.41, 5.74) is 2.63. The van der Waals surface area contributed by atoms with Crippen LogP contribution in [0.4, 0.5) is 0 Å². The van der Waals surface area contributed by atoms with Crippen LogP contribution in [0.5, 0.6) is 5.75 Å². The number of para-hydroxylation sites is 1. The van der Waals surface area contributed by atoms with E-state index in [-0.39, 0.29) is 23.9 Å². The van der Waals surface area contributed by atoms with Crippen molar-refractivity contribution in [3.8, 4) is 5.75 Å². The fourth-order valence-corrected chi connectivity index (χ4v) is 5.24. The van der Waals surface area contributed by atoms with E-state index in [2.05, 4.69) is 13.8 Å². The highest BCUT2D eigenvalue weighted by atomic mass is 16.6. The second kappa shape index (κ2) is 9.18. The Labute approximate surface area is 190 Å². The molecule has 172 valence electrons. The number of esters is 1. The number of ether oxygens (including phenoxy) is 3. The Morgan fingerprint density at radius 3 is 2.72 bits per heavy atom. The van der Waals surface area contributed by atoms with E-state index in [4.69, 9.17) is 19.2 Å². The molecule has 32 heavy (non-hydrogen) atoms. The third kappa shape index (κ3) is 4.51. The Kier molecular flexibility index (Phi) is 6.52. The molecule has 0 spiro atoms. The van der Waals surface area contributed by atoms with Crippen LogP contribution in [0.15, 0.2) is 40.5 Å². The van der Waals surface area contributed by atoms with Crippen LogP contribution in [0.25, 0.3) is 0 Å². The van der Waals surface area contributed by atoms with Crippen molar-refractivity contribution in [3.05, 3.63) is 41.1 Å². The summed E-state index contributed by atoms with van der Waals surface area (Å²) < 4.78 is 17.2. The predicted molar refractivity (Wildman–Crippen MR) is 122 cm³/mol. The number of aliphatic imine (C=N–C) groups is 1. The molecule has 3 aliphatic rings. The number of hydrogen-bond donors (Lipinski definition) is 0. The lowest BCUT2D eigenvalue weighted by Crippen LogP contribution is -2.44. The van der Waals surface area contributed by atoms with Gasteiger partial charge in [0.25, 0.3) is 0 Å². The Morgan fingerprint density at radius 2 is 2.00 bits per heavy atom. The molecule has 1 saturated heterocycles. The molecule has 1 unspecified atom stereocenters. The highest BCUT2D eigenvalue weighted by molar-refractivity contribution is 6.12. The molecule has 4 rings (SSSR count). The maximum absolute atomic E-state index is 13.4. The number of Topliss-reactive ketones (excluding diaryl/α,β-unsaturated/α-hetero) is 1. The highest BCUT2D eigenvalue weighted by Gasteiger charge is 2.48. The summed E-state index contributed by atoms with van der Waals surface area (Å²) in [7, 11) is 0. The Morgan fingerprint density at radius 1 is 1.22 bits per heavy atom. The Balaban J connectivity index is 1.76. The molecule has 1 aromatic carbocycles. The molecule has 0 radical (unpaired) electrons. The van der Waals surface area contributed by atoms with E-state index in [1.54, 1.807) is 0 Å².